The molecule has 1 rings (SSSR count). The summed E-state index contributed by atoms with van der Waals surface area (Å²) in [7, 11) is -1.80. The first-order valence-electron chi connectivity index (χ1n) is 5.12. The van der Waals surface area contributed by atoms with E-state index >= 15 is 0 Å². The monoisotopic (exact) mass is 243 g/mol. The second-order valence-electron chi connectivity index (χ2n) is 3.62. The van der Waals surface area contributed by atoms with Gasteiger partial charge < -0.3 is 4.74 Å². The molecule has 16 heavy (non-hydrogen) atoms. The topological polar surface area (TPSA) is 55.4 Å². The Morgan fingerprint density at radius 1 is 1.31 bits per heavy atom. The molecule has 90 valence electrons. The Balaban J connectivity index is 2.66. The normalized spacial score (nSPS) is 13.6. The molecular weight excluding hydrogens is 226 g/mol. The first-order chi connectivity index (χ1) is 7.56. The Kier molecular flexibility index (Phi) is 4.92. The highest BCUT2D eigenvalue weighted by atomic mass is 32.2. The third-order valence-corrected chi connectivity index (χ3v) is 3.77. The lowest BCUT2D eigenvalue weighted by Crippen LogP contribution is -2.33. The molecule has 1 aromatic rings. The molecule has 0 saturated carbocycles. The average Bonchev–Trinajstić information content (AvgIpc) is 2.27. The Morgan fingerprint density at radius 2 is 1.94 bits per heavy atom. The number of methoxy groups -OCH3 is 1. The van der Waals surface area contributed by atoms with Crippen LogP contribution in [0, 0.1) is 0 Å². The van der Waals surface area contributed by atoms with E-state index in [0.29, 0.717) is 17.9 Å². The van der Waals surface area contributed by atoms with Crippen molar-refractivity contribution in [2.24, 2.45) is 0 Å². The predicted octanol–water partition coefficient (Wildman–Crippen LogP) is 1.39. The number of hydrogen-bond acceptors (Lipinski definition) is 3. The van der Waals surface area contributed by atoms with E-state index in [1.807, 2.05) is 6.92 Å². The first-order valence-corrected chi connectivity index (χ1v) is 6.61. The maximum absolute atomic E-state index is 11.9. The van der Waals surface area contributed by atoms with E-state index in [0.717, 1.165) is 0 Å². The van der Waals surface area contributed by atoms with E-state index in [1.165, 1.54) is 0 Å². The smallest absolute Gasteiger partial charge is 0.240 e. The lowest BCUT2D eigenvalue weighted by molar-refractivity contribution is 0.188. The van der Waals surface area contributed by atoms with Gasteiger partial charge in [-0.25, -0.2) is 13.1 Å². The van der Waals surface area contributed by atoms with Gasteiger partial charge in [0, 0.05) is 19.8 Å². The van der Waals surface area contributed by atoms with Crippen molar-refractivity contribution in [2.45, 2.75) is 24.3 Å². The summed E-state index contributed by atoms with van der Waals surface area (Å²) >= 11 is 0. The maximum Gasteiger partial charge on any atom is 0.240 e. The van der Waals surface area contributed by atoms with Crippen LogP contribution in [-0.2, 0) is 14.8 Å². The zero-order valence-electron chi connectivity index (χ0n) is 9.51. The second kappa shape index (κ2) is 5.98. The van der Waals surface area contributed by atoms with Crippen LogP contribution in [0.25, 0.3) is 0 Å². The minimum absolute atomic E-state index is 0.134. The SMILES string of the molecule is COCCC(C)NS(=O)(=O)c1ccccc1. The summed E-state index contributed by atoms with van der Waals surface area (Å²) in [5.74, 6) is 0. The zero-order valence-corrected chi connectivity index (χ0v) is 10.3. The standard InChI is InChI=1S/C11H17NO3S/c1-10(8-9-15-2)12-16(13,14)11-6-4-3-5-7-11/h3-7,10,12H,8-9H2,1-2H3. The molecule has 1 N–H and O–H groups in total. The van der Waals surface area contributed by atoms with Gasteiger partial charge in [0.1, 0.15) is 0 Å². The molecule has 0 fully saturated rings. The van der Waals surface area contributed by atoms with Gasteiger partial charge in [0.15, 0.2) is 0 Å². The van der Waals surface area contributed by atoms with Crippen molar-refractivity contribution in [1.29, 1.82) is 0 Å². The zero-order chi connectivity index (χ0) is 12.0. The number of rotatable bonds is 6. The third-order valence-electron chi connectivity index (χ3n) is 2.16. The van der Waals surface area contributed by atoms with Gasteiger partial charge in [-0.05, 0) is 25.5 Å². The number of hydrogen-bond donors (Lipinski definition) is 1. The fraction of sp³-hybridized carbons (Fsp3) is 0.455. The van der Waals surface area contributed by atoms with Crippen LogP contribution in [0.3, 0.4) is 0 Å². The molecule has 1 atom stereocenters. The molecule has 4 nitrogen and oxygen atoms in total. The van der Waals surface area contributed by atoms with E-state index < -0.39 is 10.0 Å². The largest absolute Gasteiger partial charge is 0.385 e. The van der Waals surface area contributed by atoms with Gasteiger partial charge in [-0.3, -0.25) is 0 Å². The van der Waals surface area contributed by atoms with Crippen LogP contribution in [0.5, 0.6) is 0 Å². The van der Waals surface area contributed by atoms with Crippen molar-refractivity contribution in [2.75, 3.05) is 13.7 Å². The van der Waals surface area contributed by atoms with Gasteiger partial charge in [0.25, 0.3) is 0 Å². The van der Waals surface area contributed by atoms with Gasteiger partial charge in [0.2, 0.25) is 10.0 Å². The molecule has 5 heteroatoms. The molecule has 0 aromatic heterocycles. The second-order valence-corrected chi connectivity index (χ2v) is 5.33. The molecule has 1 unspecified atom stereocenters. The molecule has 0 aliphatic carbocycles. The highest BCUT2D eigenvalue weighted by Gasteiger charge is 2.16. The van der Waals surface area contributed by atoms with E-state index in [2.05, 4.69) is 4.72 Å². The lowest BCUT2D eigenvalue weighted by atomic mass is 10.3. The van der Waals surface area contributed by atoms with Crippen LogP contribution < -0.4 is 4.72 Å². The lowest BCUT2D eigenvalue weighted by Gasteiger charge is -2.13. The summed E-state index contributed by atoms with van der Waals surface area (Å²) in [6.07, 6.45) is 0.655. The van der Waals surface area contributed by atoms with Crippen molar-refractivity contribution < 1.29 is 13.2 Å². The maximum atomic E-state index is 11.9. The van der Waals surface area contributed by atoms with E-state index in [1.54, 1.807) is 37.4 Å². The molecule has 0 heterocycles. The highest BCUT2D eigenvalue weighted by molar-refractivity contribution is 7.89. The predicted molar refractivity (Wildman–Crippen MR) is 62.7 cm³/mol. The van der Waals surface area contributed by atoms with Gasteiger partial charge in [-0.15, -0.1) is 0 Å². The quantitative estimate of drug-likeness (QED) is 0.821. The van der Waals surface area contributed by atoms with Gasteiger partial charge in [0.05, 0.1) is 4.90 Å². The fourth-order valence-electron chi connectivity index (χ4n) is 1.29. The van der Waals surface area contributed by atoms with Crippen molar-refractivity contribution >= 4 is 10.0 Å². The minimum Gasteiger partial charge on any atom is -0.385 e. The van der Waals surface area contributed by atoms with Crippen LogP contribution in [-0.4, -0.2) is 28.2 Å². The summed E-state index contributed by atoms with van der Waals surface area (Å²) in [5.41, 5.74) is 0. The first kappa shape index (κ1) is 13.2. The van der Waals surface area contributed by atoms with Gasteiger partial charge >= 0.3 is 0 Å². The molecular formula is C11H17NO3S. The van der Waals surface area contributed by atoms with E-state index in [4.69, 9.17) is 4.74 Å². The number of benzene rings is 1. The average molecular weight is 243 g/mol. The van der Waals surface area contributed by atoms with E-state index in [9.17, 15) is 8.42 Å². The third kappa shape index (κ3) is 3.92. The van der Waals surface area contributed by atoms with Crippen molar-refractivity contribution in [3.8, 4) is 0 Å². The molecule has 0 spiro atoms. The molecule has 0 amide bonds. The molecule has 1 aromatic carbocycles. The van der Waals surface area contributed by atoms with Crippen molar-refractivity contribution in [1.82, 2.24) is 4.72 Å². The summed E-state index contributed by atoms with van der Waals surface area (Å²) < 4.78 is 31.2. The van der Waals surface area contributed by atoms with Crippen LogP contribution in [0.1, 0.15) is 13.3 Å². The van der Waals surface area contributed by atoms with Crippen molar-refractivity contribution in [3.63, 3.8) is 0 Å². The number of sulfonamides is 1. The Labute approximate surface area is 96.7 Å². The number of ether oxygens (including phenoxy) is 1. The molecule has 0 radical (unpaired) electrons. The molecule has 0 bridgehead atoms. The Hall–Kier alpha value is -0.910. The fourth-order valence-corrected chi connectivity index (χ4v) is 2.59. The summed E-state index contributed by atoms with van der Waals surface area (Å²) in [6.45, 7) is 2.36. The van der Waals surface area contributed by atoms with Crippen LogP contribution in [0.2, 0.25) is 0 Å². The summed E-state index contributed by atoms with van der Waals surface area (Å²) in [4.78, 5) is 0.291. The van der Waals surface area contributed by atoms with Crippen LogP contribution >= 0.6 is 0 Å². The Bertz CT molecular complexity index is 402. The van der Waals surface area contributed by atoms with E-state index in [-0.39, 0.29) is 6.04 Å². The molecule has 0 aliphatic rings. The minimum atomic E-state index is -3.40. The highest BCUT2D eigenvalue weighted by Crippen LogP contribution is 2.08. The van der Waals surface area contributed by atoms with Crippen LogP contribution in [0.4, 0.5) is 0 Å². The Morgan fingerprint density at radius 3 is 2.50 bits per heavy atom. The van der Waals surface area contributed by atoms with Gasteiger partial charge in [-0.2, -0.15) is 0 Å². The summed E-state index contributed by atoms with van der Waals surface area (Å²) in [5, 5.41) is 0. The molecule has 0 aliphatic heterocycles. The molecule has 0 saturated heterocycles. The van der Waals surface area contributed by atoms with Crippen molar-refractivity contribution in [3.05, 3.63) is 30.3 Å². The van der Waals surface area contributed by atoms with Gasteiger partial charge in [-0.1, -0.05) is 18.2 Å². The van der Waals surface area contributed by atoms with Crippen LogP contribution in [0.15, 0.2) is 35.2 Å². The summed E-state index contributed by atoms with van der Waals surface area (Å²) in [6, 6.07) is 8.21. The number of nitrogens with one attached hydrogen (secondary N) is 1.